The summed E-state index contributed by atoms with van der Waals surface area (Å²) >= 11 is 4.79. The zero-order valence-electron chi connectivity index (χ0n) is 10.5. The molecule has 5 nitrogen and oxygen atoms in total. The second kappa shape index (κ2) is 5.88. The maximum atomic E-state index is 12.3. The van der Waals surface area contributed by atoms with Crippen molar-refractivity contribution in [2.75, 3.05) is 13.1 Å². The van der Waals surface area contributed by atoms with E-state index in [-0.39, 0.29) is 12.0 Å². The first-order valence-corrected chi connectivity index (χ1v) is 7.85. The molecular formula is C13H12BrN3O2S. The first kappa shape index (κ1) is 13.5. The summed E-state index contributed by atoms with van der Waals surface area (Å²) in [6.07, 6.45) is 5.81. The molecule has 1 fully saturated rings. The van der Waals surface area contributed by atoms with Crippen molar-refractivity contribution in [3.8, 4) is 5.19 Å². The highest BCUT2D eigenvalue weighted by molar-refractivity contribution is 9.10. The molecule has 0 saturated carbocycles. The van der Waals surface area contributed by atoms with Gasteiger partial charge in [-0.25, -0.2) is 4.98 Å². The molecule has 1 unspecified atom stereocenters. The van der Waals surface area contributed by atoms with Gasteiger partial charge in [0.05, 0.1) is 12.1 Å². The fourth-order valence-corrected chi connectivity index (χ4v) is 3.05. The molecule has 0 bridgehead atoms. The van der Waals surface area contributed by atoms with Crippen LogP contribution in [0.4, 0.5) is 0 Å². The number of pyridine rings is 1. The molecule has 1 aliphatic heterocycles. The Balaban J connectivity index is 1.63. The van der Waals surface area contributed by atoms with Gasteiger partial charge in [0.1, 0.15) is 6.10 Å². The maximum Gasteiger partial charge on any atom is 0.273 e. The van der Waals surface area contributed by atoms with Gasteiger partial charge in [0, 0.05) is 41.4 Å². The first-order valence-electron chi connectivity index (χ1n) is 6.18. The number of aromatic nitrogens is 2. The average molecular weight is 354 g/mol. The highest BCUT2D eigenvalue weighted by Crippen LogP contribution is 2.22. The van der Waals surface area contributed by atoms with E-state index in [4.69, 9.17) is 4.74 Å². The third kappa shape index (κ3) is 2.99. The molecule has 0 aliphatic carbocycles. The highest BCUT2D eigenvalue weighted by Gasteiger charge is 2.28. The number of hydrogen-bond donors (Lipinski definition) is 0. The fourth-order valence-electron chi connectivity index (χ4n) is 2.13. The summed E-state index contributed by atoms with van der Waals surface area (Å²) in [6.45, 7) is 1.28. The van der Waals surface area contributed by atoms with Crippen molar-refractivity contribution in [3.05, 3.63) is 40.1 Å². The largest absolute Gasteiger partial charge is 0.465 e. The zero-order chi connectivity index (χ0) is 13.9. The van der Waals surface area contributed by atoms with Crippen molar-refractivity contribution < 1.29 is 9.53 Å². The van der Waals surface area contributed by atoms with E-state index in [0.29, 0.717) is 23.8 Å². The van der Waals surface area contributed by atoms with Crippen LogP contribution >= 0.6 is 27.3 Å². The van der Waals surface area contributed by atoms with Gasteiger partial charge >= 0.3 is 0 Å². The number of ether oxygens (including phenoxy) is 1. The van der Waals surface area contributed by atoms with Gasteiger partial charge in [-0.2, -0.15) is 0 Å². The van der Waals surface area contributed by atoms with Crippen molar-refractivity contribution in [2.24, 2.45) is 0 Å². The molecule has 1 saturated heterocycles. The van der Waals surface area contributed by atoms with Crippen LogP contribution in [0.2, 0.25) is 0 Å². The molecule has 3 rings (SSSR count). The van der Waals surface area contributed by atoms with Crippen LogP contribution in [-0.2, 0) is 0 Å². The van der Waals surface area contributed by atoms with Crippen molar-refractivity contribution in [1.29, 1.82) is 0 Å². The van der Waals surface area contributed by atoms with Crippen molar-refractivity contribution in [3.63, 3.8) is 0 Å². The summed E-state index contributed by atoms with van der Waals surface area (Å²) in [4.78, 5) is 22.3. The summed E-state index contributed by atoms with van der Waals surface area (Å²) < 4.78 is 6.55. The van der Waals surface area contributed by atoms with E-state index in [1.54, 1.807) is 29.6 Å². The Kier molecular flexibility index (Phi) is 3.98. The van der Waals surface area contributed by atoms with Crippen LogP contribution in [0.3, 0.4) is 0 Å². The standard InChI is InChI=1S/C13H12BrN3O2S/c14-10-5-9(6-15-7-10)12(18)17-3-1-11(8-17)19-13-16-2-4-20-13/h2,4-7,11H,1,3,8H2. The quantitative estimate of drug-likeness (QED) is 0.850. The van der Waals surface area contributed by atoms with Gasteiger partial charge in [-0.3, -0.25) is 9.78 Å². The minimum atomic E-state index is -0.0101. The number of rotatable bonds is 3. The molecule has 7 heteroatoms. The molecule has 0 aromatic carbocycles. The molecular weight excluding hydrogens is 342 g/mol. The summed E-state index contributed by atoms with van der Waals surface area (Å²) in [6, 6.07) is 1.78. The Morgan fingerprint density at radius 2 is 2.40 bits per heavy atom. The molecule has 3 heterocycles. The topological polar surface area (TPSA) is 55.3 Å². The van der Waals surface area contributed by atoms with Crippen LogP contribution in [0.1, 0.15) is 16.8 Å². The molecule has 1 aliphatic rings. The molecule has 1 atom stereocenters. The van der Waals surface area contributed by atoms with Crippen LogP contribution in [-0.4, -0.2) is 40.0 Å². The Hall–Kier alpha value is -1.47. The van der Waals surface area contributed by atoms with Gasteiger partial charge in [-0.1, -0.05) is 11.3 Å². The lowest BCUT2D eigenvalue weighted by Crippen LogP contribution is -2.31. The lowest BCUT2D eigenvalue weighted by molar-refractivity contribution is 0.0772. The molecule has 0 spiro atoms. The lowest BCUT2D eigenvalue weighted by Gasteiger charge is -2.16. The minimum absolute atomic E-state index is 0.0101. The third-order valence-corrected chi connectivity index (χ3v) is 4.16. The van der Waals surface area contributed by atoms with Crippen molar-refractivity contribution >= 4 is 33.2 Å². The molecule has 0 radical (unpaired) electrons. The van der Waals surface area contributed by atoms with E-state index in [0.717, 1.165) is 10.9 Å². The normalized spacial score (nSPS) is 18.2. The number of likely N-dealkylation sites (tertiary alicyclic amines) is 1. The summed E-state index contributed by atoms with van der Waals surface area (Å²) in [5.74, 6) is -0.0101. The molecule has 2 aromatic rings. The Morgan fingerprint density at radius 1 is 1.50 bits per heavy atom. The van der Waals surface area contributed by atoms with E-state index in [1.165, 1.54) is 11.3 Å². The van der Waals surface area contributed by atoms with E-state index in [2.05, 4.69) is 25.9 Å². The molecule has 104 valence electrons. The van der Waals surface area contributed by atoms with Gasteiger partial charge in [0.15, 0.2) is 0 Å². The Bertz CT molecular complexity index is 605. The lowest BCUT2D eigenvalue weighted by atomic mass is 10.2. The number of thiazole rings is 1. The van der Waals surface area contributed by atoms with Crippen LogP contribution in [0.5, 0.6) is 5.19 Å². The van der Waals surface area contributed by atoms with E-state index in [9.17, 15) is 4.79 Å². The predicted octanol–water partition coefficient (Wildman–Crippen LogP) is 2.59. The first-order chi connectivity index (χ1) is 9.72. The Morgan fingerprint density at radius 3 is 3.15 bits per heavy atom. The number of hydrogen-bond acceptors (Lipinski definition) is 5. The number of nitrogens with zero attached hydrogens (tertiary/aromatic N) is 3. The van der Waals surface area contributed by atoms with Crippen LogP contribution in [0.25, 0.3) is 0 Å². The second-order valence-corrected chi connectivity index (χ2v) is 6.24. The van der Waals surface area contributed by atoms with Crippen LogP contribution < -0.4 is 4.74 Å². The van der Waals surface area contributed by atoms with E-state index in [1.807, 2.05) is 5.38 Å². The van der Waals surface area contributed by atoms with Crippen molar-refractivity contribution in [2.45, 2.75) is 12.5 Å². The number of carbonyl (C=O) groups excluding carboxylic acids is 1. The smallest absolute Gasteiger partial charge is 0.273 e. The fraction of sp³-hybridized carbons (Fsp3) is 0.308. The minimum Gasteiger partial charge on any atom is -0.465 e. The van der Waals surface area contributed by atoms with Gasteiger partial charge in [-0.05, 0) is 22.0 Å². The van der Waals surface area contributed by atoms with Gasteiger partial charge in [-0.15, -0.1) is 0 Å². The Labute approximate surface area is 128 Å². The average Bonchev–Trinajstić information content (AvgIpc) is 3.10. The number of halogens is 1. The van der Waals surface area contributed by atoms with Gasteiger partial charge < -0.3 is 9.64 Å². The number of amides is 1. The second-order valence-electron chi connectivity index (χ2n) is 4.47. The molecule has 1 amide bonds. The van der Waals surface area contributed by atoms with Crippen LogP contribution in [0, 0.1) is 0 Å². The highest BCUT2D eigenvalue weighted by atomic mass is 79.9. The van der Waals surface area contributed by atoms with E-state index < -0.39 is 0 Å². The summed E-state index contributed by atoms with van der Waals surface area (Å²) in [5.41, 5.74) is 0.592. The maximum absolute atomic E-state index is 12.3. The molecule has 20 heavy (non-hydrogen) atoms. The molecule has 0 N–H and O–H groups in total. The number of carbonyl (C=O) groups is 1. The third-order valence-electron chi connectivity index (χ3n) is 3.06. The van der Waals surface area contributed by atoms with Gasteiger partial charge in [0.25, 0.3) is 11.1 Å². The monoisotopic (exact) mass is 353 g/mol. The van der Waals surface area contributed by atoms with Gasteiger partial charge in [0.2, 0.25) is 0 Å². The van der Waals surface area contributed by atoms with Crippen molar-refractivity contribution in [1.82, 2.24) is 14.9 Å². The summed E-state index contributed by atoms with van der Waals surface area (Å²) in [7, 11) is 0. The predicted molar refractivity (Wildman–Crippen MR) is 79.0 cm³/mol. The van der Waals surface area contributed by atoms with E-state index >= 15 is 0 Å². The summed E-state index contributed by atoms with van der Waals surface area (Å²) in [5, 5.41) is 2.54. The SMILES string of the molecule is O=C(c1cncc(Br)c1)N1CCC(Oc2nccs2)C1. The molecule has 2 aromatic heterocycles. The zero-order valence-corrected chi connectivity index (χ0v) is 12.9. The van der Waals surface area contributed by atoms with Crippen LogP contribution in [0.15, 0.2) is 34.5 Å².